The van der Waals surface area contributed by atoms with Crippen molar-refractivity contribution in [2.24, 2.45) is 7.05 Å². The summed E-state index contributed by atoms with van der Waals surface area (Å²) in [5.74, 6) is 0. The molecule has 0 aliphatic carbocycles. The van der Waals surface area contributed by atoms with Crippen LogP contribution in [-0.2, 0) is 13.5 Å². The van der Waals surface area contributed by atoms with Crippen molar-refractivity contribution in [3.63, 3.8) is 0 Å². The van der Waals surface area contributed by atoms with E-state index in [-0.39, 0.29) is 0 Å². The molecule has 2 rings (SSSR count). The molecule has 4 nitrogen and oxygen atoms in total. The number of nitrogens with one attached hydrogen (secondary N) is 1. The van der Waals surface area contributed by atoms with Crippen LogP contribution in [-0.4, -0.2) is 16.3 Å². The van der Waals surface area contributed by atoms with Gasteiger partial charge in [0.05, 0.1) is 22.6 Å². The summed E-state index contributed by atoms with van der Waals surface area (Å²) in [6.45, 7) is 0.802. The number of hydrogen-bond acceptors (Lipinski definition) is 3. The molecule has 3 N–H and O–H groups in total. The Morgan fingerprint density at radius 2 is 2.29 bits per heavy atom. The van der Waals surface area contributed by atoms with Gasteiger partial charge in [-0.2, -0.15) is 5.10 Å². The van der Waals surface area contributed by atoms with E-state index >= 15 is 0 Å². The Morgan fingerprint density at radius 3 is 3.00 bits per heavy atom. The fourth-order valence-corrected chi connectivity index (χ4v) is 1.81. The number of anilines is 2. The molecule has 0 aliphatic rings. The first kappa shape index (κ1) is 11.8. The lowest BCUT2D eigenvalue weighted by atomic mass is 10.2. The molecule has 5 heteroatoms. The molecule has 0 saturated carbocycles. The molecule has 0 amide bonds. The number of aryl methyl sites for hydroxylation is 1. The number of nitrogens with two attached hydrogens (primary N) is 1. The fraction of sp³-hybridized carbons (Fsp3) is 0.250. The molecule has 1 aromatic heterocycles. The summed E-state index contributed by atoms with van der Waals surface area (Å²) in [6.07, 6.45) is 4.77. The van der Waals surface area contributed by atoms with Gasteiger partial charge in [0.1, 0.15) is 0 Å². The normalized spacial score (nSPS) is 10.5. The molecule has 90 valence electrons. The third kappa shape index (κ3) is 2.91. The summed E-state index contributed by atoms with van der Waals surface area (Å²) >= 11 is 5.93. The third-order valence-corrected chi connectivity index (χ3v) is 2.87. The van der Waals surface area contributed by atoms with E-state index in [9.17, 15) is 0 Å². The number of hydrogen-bond donors (Lipinski definition) is 2. The van der Waals surface area contributed by atoms with Crippen molar-refractivity contribution in [3.8, 4) is 0 Å². The van der Waals surface area contributed by atoms with E-state index in [1.807, 2.05) is 31.6 Å². The van der Waals surface area contributed by atoms with Crippen molar-refractivity contribution in [1.82, 2.24) is 9.78 Å². The Kier molecular flexibility index (Phi) is 3.54. The summed E-state index contributed by atoms with van der Waals surface area (Å²) in [7, 11) is 1.91. The van der Waals surface area contributed by atoms with Gasteiger partial charge in [-0.25, -0.2) is 0 Å². The van der Waals surface area contributed by atoms with Gasteiger partial charge in [-0.15, -0.1) is 0 Å². The molecule has 0 atom stereocenters. The number of halogens is 1. The number of nitrogen functional groups attached to an aromatic ring is 1. The Hall–Kier alpha value is -1.68. The standard InChI is InChI=1S/C12H15ClN4/c1-17-8-9(7-16-17)5-6-15-11-4-2-3-10(13)12(11)14/h2-4,7-8,15H,5-6,14H2,1H3. The fourth-order valence-electron chi connectivity index (χ4n) is 1.63. The number of nitrogens with zero attached hydrogens (tertiary/aromatic N) is 2. The zero-order valence-electron chi connectivity index (χ0n) is 9.65. The topological polar surface area (TPSA) is 55.9 Å². The van der Waals surface area contributed by atoms with E-state index in [1.54, 1.807) is 10.7 Å². The summed E-state index contributed by atoms with van der Waals surface area (Å²) in [4.78, 5) is 0. The summed E-state index contributed by atoms with van der Waals surface area (Å²) in [5, 5.41) is 7.96. The monoisotopic (exact) mass is 250 g/mol. The van der Waals surface area contributed by atoms with Crippen LogP contribution in [0.1, 0.15) is 5.56 Å². The second-order valence-electron chi connectivity index (χ2n) is 3.90. The van der Waals surface area contributed by atoms with E-state index in [2.05, 4.69) is 10.4 Å². The van der Waals surface area contributed by atoms with E-state index in [1.165, 1.54) is 5.56 Å². The zero-order valence-corrected chi connectivity index (χ0v) is 10.4. The zero-order chi connectivity index (χ0) is 12.3. The molecule has 0 fully saturated rings. The minimum absolute atomic E-state index is 0.580. The Morgan fingerprint density at radius 1 is 1.47 bits per heavy atom. The maximum Gasteiger partial charge on any atom is 0.0739 e. The van der Waals surface area contributed by atoms with Gasteiger partial charge in [-0.05, 0) is 24.1 Å². The SMILES string of the molecule is Cn1cc(CCNc2cccc(Cl)c2N)cn1. The Balaban J connectivity index is 1.92. The van der Waals surface area contributed by atoms with Crippen molar-refractivity contribution in [3.05, 3.63) is 41.2 Å². The van der Waals surface area contributed by atoms with Gasteiger partial charge in [0, 0.05) is 19.8 Å². The largest absolute Gasteiger partial charge is 0.396 e. The molecule has 0 aliphatic heterocycles. The number of benzene rings is 1. The average Bonchev–Trinajstić information content (AvgIpc) is 2.70. The van der Waals surface area contributed by atoms with Crippen LogP contribution in [0.15, 0.2) is 30.6 Å². The molecule has 0 radical (unpaired) electrons. The molecular weight excluding hydrogens is 236 g/mol. The van der Waals surface area contributed by atoms with E-state index in [0.29, 0.717) is 10.7 Å². The second kappa shape index (κ2) is 5.10. The van der Waals surface area contributed by atoms with E-state index < -0.39 is 0 Å². The average molecular weight is 251 g/mol. The van der Waals surface area contributed by atoms with Crippen LogP contribution in [0.4, 0.5) is 11.4 Å². The van der Waals surface area contributed by atoms with Crippen molar-refractivity contribution in [2.45, 2.75) is 6.42 Å². The van der Waals surface area contributed by atoms with Gasteiger partial charge in [0.25, 0.3) is 0 Å². The van der Waals surface area contributed by atoms with Gasteiger partial charge in [-0.1, -0.05) is 17.7 Å². The predicted molar refractivity (Wildman–Crippen MR) is 71.3 cm³/mol. The van der Waals surface area contributed by atoms with Gasteiger partial charge in [0.15, 0.2) is 0 Å². The van der Waals surface area contributed by atoms with Crippen molar-refractivity contribution >= 4 is 23.0 Å². The molecule has 0 spiro atoms. The van der Waals surface area contributed by atoms with E-state index in [4.69, 9.17) is 17.3 Å². The molecule has 2 aromatic rings. The lowest BCUT2D eigenvalue weighted by Gasteiger charge is -2.09. The highest BCUT2D eigenvalue weighted by Crippen LogP contribution is 2.26. The first-order valence-electron chi connectivity index (χ1n) is 5.42. The van der Waals surface area contributed by atoms with Crippen molar-refractivity contribution in [2.75, 3.05) is 17.6 Å². The van der Waals surface area contributed by atoms with Crippen LogP contribution < -0.4 is 11.1 Å². The second-order valence-corrected chi connectivity index (χ2v) is 4.31. The molecule has 17 heavy (non-hydrogen) atoms. The highest BCUT2D eigenvalue weighted by Gasteiger charge is 2.02. The smallest absolute Gasteiger partial charge is 0.0739 e. The van der Waals surface area contributed by atoms with Crippen molar-refractivity contribution in [1.29, 1.82) is 0 Å². The minimum atomic E-state index is 0.580. The predicted octanol–water partition coefficient (Wildman–Crippen LogP) is 2.31. The van der Waals surface area contributed by atoms with Crippen molar-refractivity contribution < 1.29 is 0 Å². The van der Waals surface area contributed by atoms with Crippen LogP contribution in [0.5, 0.6) is 0 Å². The van der Waals surface area contributed by atoms with Crippen LogP contribution in [0.2, 0.25) is 5.02 Å². The molecule has 0 unspecified atom stereocenters. The molecule has 0 bridgehead atoms. The maximum absolute atomic E-state index is 5.93. The quantitative estimate of drug-likeness (QED) is 0.819. The van der Waals surface area contributed by atoms with Gasteiger partial charge < -0.3 is 11.1 Å². The van der Waals surface area contributed by atoms with Gasteiger partial charge in [0.2, 0.25) is 0 Å². The summed E-state index contributed by atoms with van der Waals surface area (Å²) < 4.78 is 1.79. The van der Waals surface area contributed by atoms with Gasteiger partial charge >= 0.3 is 0 Å². The Labute approximate surface area is 105 Å². The van der Waals surface area contributed by atoms with Crippen LogP contribution in [0.25, 0.3) is 0 Å². The molecule has 0 saturated heterocycles. The minimum Gasteiger partial charge on any atom is -0.396 e. The summed E-state index contributed by atoms with van der Waals surface area (Å²) in [6, 6.07) is 5.58. The third-order valence-electron chi connectivity index (χ3n) is 2.54. The summed E-state index contributed by atoms with van der Waals surface area (Å²) in [5.41, 5.74) is 8.52. The van der Waals surface area contributed by atoms with Crippen LogP contribution >= 0.6 is 11.6 Å². The van der Waals surface area contributed by atoms with Crippen LogP contribution in [0, 0.1) is 0 Å². The first-order chi connectivity index (χ1) is 8.16. The highest BCUT2D eigenvalue weighted by molar-refractivity contribution is 6.33. The number of rotatable bonds is 4. The lowest BCUT2D eigenvalue weighted by Crippen LogP contribution is -2.06. The molecular formula is C12H15ClN4. The molecule has 1 aromatic carbocycles. The lowest BCUT2D eigenvalue weighted by molar-refractivity contribution is 0.767. The number of aromatic nitrogens is 2. The number of para-hydroxylation sites is 1. The first-order valence-corrected chi connectivity index (χ1v) is 5.80. The maximum atomic E-state index is 5.93. The highest BCUT2D eigenvalue weighted by atomic mass is 35.5. The van der Waals surface area contributed by atoms with Gasteiger partial charge in [-0.3, -0.25) is 4.68 Å². The Bertz CT molecular complexity index is 507. The van der Waals surface area contributed by atoms with E-state index in [0.717, 1.165) is 18.7 Å². The molecule has 1 heterocycles. The van der Waals surface area contributed by atoms with Crippen LogP contribution in [0.3, 0.4) is 0 Å².